The molecule has 0 aliphatic carbocycles. The van der Waals surface area contributed by atoms with Crippen LogP contribution in [0, 0.1) is 0 Å². The zero-order chi connectivity index (χ0) is 11.6. The Morgan fingerprint density at radius 1 is 1.25 bits per heavy atom. The van der Waals surface area contributed by atoms with Crippen LogP contribution in [0.15, 0.2) is 18.5 Å². The zero-order valence-electron chi connectivity index (χ0n) is 9.98. The average Bonchev–Trinajstić information content (AvgIpc) is 2.34. The van der Waals surface area contributed by atoms with E-state index in [0.717, 1.165) is 12.0 Å². The number of aliphatic hydroxyl groups excluding tert-OH is 1. The summed E-state index contributed by atoms with van der Waals surface area (Å²) in [6.45, 7) is 2.93. The lowest BCUT2D eigenvalue weighted by atomic mass is 10.2. The van der Waals surface area contributed by atoms with E-state index < -0.39 is 0 Å². The van der Waals surface area contributed by atoms with Crippen molar-refractivity contribution in [2.45, 2.75) is 45.6 Å². The number of ether oxygens (including phenoxy) is 1. The van der Waals surface area contributed by atoms with Gasteiger partial charge in [0, 0.05) is 11.8 Å². The minimum absolute atomic E-state index is 0.00763. The van der Waals surface area contributed by atoms with Crippen LogP contribution >= 0.6 is 0 Å². The Labute approximate surface area is 97.5 Å². The number of aliphatic hydroxyl groups is 1. The summed E-state index contributed by atoms with van der Waals surface area (Å²) in [4.78, 5) is 3.99. The SMILES string of the molecule is CCCCCCCOc1cnccc1CO. The summed E-state index contributed by atoms with van der Waals surface area (Å²) in [5, 5.41) is 9.08. The molecule has 0 amide bonds. The number of aromatic nitrogens is 1. The molecule has 1 heterocycles. The molecule has 1 N–H and O–H groups in total. The molecule has 0 radical (unpaired) electrons. The first kappa shape index (κ1) is 13.0. The monoisotopic (exact) mass is 223 g/mol. The topological polar surface area (TPSA) is 42.4 Å². The minimum atomic E-state index is 0.00763. The van der Waals surface area contributed by atoms with Gasteiger partial charge >= 0.3 is 0 Å². The third-order valence-corrected chi connectivity index (χ3v) is 2.55. The largest absolute Gasteiger partial charge is 0.492 e. The van der Waals surface area contributed by atoms with Gasteiger partial charge in [-0.25, -0.2) is 0 Å². The Morgan fingerprint density at radius 3 is 2.81 bits per heavy atom. The van der Waals surface area contributed by atoms with Gasteiger partial charge in [0.05, 0.1) is 19.4 Å². The fraction of sp³-hybridized carbons (Fsp3) is 0.615. The molecular formula is C13H21NO2. The van der Waals surface area contributed by atoms with Crippen LogP contribution in [-0.2, 0) is 6.61 Å². The van der Waals surface area contributed by atoms with Crippen LogP contribution in [0.25, 0.3) is 0 Å². The summed E-state index contributed by atoms with van der Waals surface area (Å²) in [6.07, 6.45) is 9.45. The minimum Gasteiger partial charge on any atom is -0.492 e. The maximum atomic E-state index is 9.08. The number of unbranched alkanes of at least 4 members (excludes halogenated alkanes) is 4. The molecular weight excluding hydrogens is 202 g/mol. The third-order valence-electron chi connectivity index (χ3n) is 2.55. The molecule has 90 valence electrons. The molecule has 0 bridgehead atoms. The van der Waals surface area contributed by atoms with Gasteiger partial charge in [0.1, 0.15) is 5.75 Å². The second-order valence-electron chi connectivity index (χ2n) is 3.90. The highest BCUT2D eigenvalue weighted by Gasteiger charge is 2.01. The Hall–Kier alpha value is -1.09. The molecule has 3 nitrogen and oxygen atoms in total. The summed E-state index contributed by atoms with van der Waals surface area (Å²) in [7, 11) is 0. The van der Waals surface area contributed by atoms with Gasteiger partial charge in [0.25, 0.3) is 0 Å². The molecule has 0 unspecified atom stereocenters. The molecule has 1 aromatic rings. The first-order chi connectivity index (χ1) is 7.88. The quantitative estimate of drug-likeness (QED) is 0.689. The van der Waals surface area contributed by atoms with Crippen molar-refractivity contribution in [2.24, 2.45) is 0 Å². The van der Waals surface area contributed by atoms with Gasteiger partial charge in [-0.3, -0.25) is 4.98 Å². The van der Waals surface area contributed by atoms with Crippen molar-refractivity contribution in [3.05, 3.63) is 24.0 Å². The number of nitrogens with zero attached hydrogens (tertiary/aromatic N) is 1. The lowest BCUT2D eigenvalue weighted by Crippen LogP contribution is -2.00. The zero-order valence-corrected chi connectivity index (χ0v) is 9.98. The summed E-state index contributed by atoms with van der Waals surface area (Å²) < 4.78 is 5.59. The van der Waals surface area contributed by atoms with Gasteiger partial charge in [0.15, 0.2) is 0 Å². The fourth-order valence-electron chi connectivity index (χ4n) is 1.56. The highest BCUT2D eigenvalue weighted by Crippen LogP contribution is 2.16. The molecule has 0 saturated heterocycles. The molecule has 0 spiro atoms. The first-order valence-corrected chi connectivity index (χ1v) is 6.05. The van der Waals surface area contributed by atoms with E-state index in [4.69, 9.17) is 9.84 Å². The summed E-state index contributed by atoms with van der Waals surface area (Å²) in [6, 6.07) is 1.78. The van der Waals surface area contributed by atoms with Crippen molar-refractivity contribution < 1.29 is 9.84 Å². The molecule has 1 aromatic heterocycles. The molecule has 0 saturated carbocycles. The summed E-state index contributed by atoms with van der Waals surface area (Å²) in [5.74, 6) is 0.709. The Bertz CT molecular complexity index is 289. The van der Waals surface area contributed by atoms with Crippen LogP contribution in [0.2, 0.25) is 0 Å². The van der Waals surface area contributed by atoms with E-state index in [9.17, 15) is 0 Å². The second-order valence-corrected chi connectivity index (χ2v) is 3.90. The molecule has 0 aliphatic rings. The van der Waals surface area contributed by atoms with Gasteiger partial charge < -0.3 is 9.84 Å². The van der Waals surface area contributed by atoms with E-state index in [2.05, 4.69) is 11.9 Å². The van der Waals surface area contributed by atoms with Gasteiger partial charge in [0.2, 0.25) is 0 Å². The second kappa shape index (κ2) is 8.11. The van der Waals surface area contributed by atoms with Crippen molar-refractivity contribution in [1.82, 2.24) is 4.98 Å². The number of pyridine rings is 1. The third kappa shape index (κ3) is 4.62. The lowest BCUT2D eigenvalue weighted by molar-refractivity contribution is 0.259. The van der Waals surface area contributed by atoms with Crippen molar-refractivity contribution in [3.8, 4) is 5.75 Å². The van der Waals surface area contributed by atoms with Gasteiger partial charge in [-0.15, -0.1) is 0 Å². The maximum Gasteiger partial charge on any atom is 0.143 e. The molecule has 0 aliphatic heterocycles. The molecule has 1 rings (SSSR count). The van der Waals surface area contributed by atoms with Gasteiger partial charge in [-0.2, -0.15) is 0 Å². The van der Waals surface area contributed by atoms with Crippen LogP contribution in [0.4, 0.5) is 0 Å². The van der Waals surface area contributed by atoms with E-state index >= 15 is 0 Å². The Morgan fingerprint density at radius 2 is 2.06 bits per heavy atom. The number of hydrogen-bond acceptors (Lipinski definition) is 3. The van der Waals surface area contributed by atoms with Crippen LogP contribution < -0.4 is 4.74 Å². The maximum absolute atomic E-state index is 9.08. The lowest BCUT2D eigenvalue weighted by Gasteiger charge is -2.08. The van der Waals surface area contributed by atoms with Crippen molar-refractivity contribution in [1.29, 1.82) is 0 Å². The number of rotatable bonds is 8. The first-order valence-electron chi connectivity index (χ1n) is 6.05. The predicted molar refractivity (Wildman–Crippen MR) is 64.4 cm³/mol. The molecule has 16 heavy (non-hydrogen) atoms. The van der Waals surface area contributed by atoms with E-state index in [1.807, 2.05) is 0 Å². The van der Waals surface area contributed by atoms with Crippen LogP contribution in [0.3, 0.4) is 0 Å². The molecule has 0 fully saturated rings. The van der Waals surface area contributed by atoms with Crippen LogP contribution in [0.5, 0.6) is 5.75 Å². The average molecular weight is 223 g/mol. The van der Waals surface area contributed by atoms with E-state index in [1.54, 1.807) is 18.5 Å². The van der Waals surface area contributed by atoms with Crippen molar-refractivity contribution in [3.63, 3.8) is 0 Å². The summed E-state index contributed by atoms with van der Waals surface area (Å²) in [5.41, 5.74) is 0.809. The van der Waals surface area contributed by atoms with Crippen molar-refractivity contribution in [2.75, 3.05) is 6.61 Å². The van der Waals surface area contributed by atoms with Crippen LogP contribution in [0.1, 0.15) is 44.6 Å². The molecule has 0 atom stereocenters. The number of hydrogen-bond donors (Lipinski definition) is 1. The van der Waals surface area contributed by atoms with E-state index in [-0.39, 0.29) is 6.61 Å². The smallest absolute Gasteiger partial charge is 0.143 e. The standard InChI is InChI=1S/C13H21NO2/c1-2-3-4-5-6-9-16-13-10-14-8-7-12(13)11-15/h7-8,10,15H,2-6,9,11H2,1H3. The van der Waals surface area contributed by atoms with E-state index in [1.165, 1.54) is 25.7 Å². The highest BCUT2D eigenvalue weighted by atomic mass is 16.5. The Balaban J connectivity index is 2.21. The highest BCUT2D eigenvalue weighted by molar-refractivity contribution is 5.28. The van der Waals surface area contributed by atoms with E-state index in [0.29, 0.717) is 12.4 Å². The molecule has 0 aromatic carbocycles. The van der Waals surface area contributed by atoms with Gasteiger partial charge in [-0.05, 0) is 12.5 Å². The summed E-state index contributed by atoms with van der Waals surface area (Å²) >= 11 is 0. The van der Waals surface area contributed by atoms with Crippen LogP contribution in [-0.4, -0.2) is 16.7 Å². The van der Waals surface area contributed by atoms with Crippen molar-refractivity contribution >= 4 is 0 Å². The Kier molecular flexibility index (Phi) is 6.58. The predicted octanol–water partition coefficient (Wildman–Crippen LogP) is 2.92. The normalized spacial score (nSPS) is 10.4. The van der Waals surface area contributed by atoms with Gasteiger partial charge in [-0.1, -0.05) is 32.6 Å². The molecule has 3 heteroatoms. The fourth-order valence-corrected chi connectivity index (χ4v) is 1.56.